The summed E-state index contributed by atoms with van der Waals surface area (Å²) in [7, 11) is 0. The Kier molecular flexibility index (Phi) is 3.47. The van der Waals surface area contributed by atoms with E-state index in [1.807, 2.05) is 32.9 Å². The molecule has 2 aliphatic rings. The van der Waals surface area contributed by atoms with Crippen LogP contribution in [0.2, 0.25) is 0 Å². The molecule has 1 saturated heterocycles. The van der Waals surface area contributed by atoms with Gasteiger partial charge in [-0.1, -0.05) is 18.7 Å². The van der Waals surface area contributed by atoms with Gasteiger partial charge in [-0.15, -0.1) is 0 Å². The maximum atomic E-state index is 13.0. The van der Waals surface area contributed by atoms with Gasteiger partial charge in [-0.3, -0.25) is 9.59 Å². The summed E-state index contributed by atoms with van der Waals surface area (Å²) < 4.78 is 0. The average Bonchev–Trinajstić information content (AvgIpc) is 2.76. The minimum absolute atomic E-state index is 0.0477. The molecule has 1 unspecified atom stereocenters. The second-order valence-electron chi connectivity index (χ2n) is 7.28. The number of likely N-dealkylation sites (tertiary alicyclic amines) is 1. The zero-order valence-electron chi connectivity index (χ0n) is 13.9. The molecule has 2 aliphatic heterocycles. The van der Waals surface area contributed by atoms with Crippen LogP contribution in [-0.4, -0.2) is 33.2 Å². The molecule has 1 fully saturated rings. The van der Waals surface area contributed by atoms with Crippen molar-refractivity contribution in [3.8, 4) is 0 Å². The normalized spacial score (nSPS) is 21.9. The number of rotatable bonds is 1. The van der Waals surface area contributed by atoms with E-state index in [0.717, 1.165) is 11.3 Å². The molecule has 2 N–H and O–H groups in total. The summed E-state index contributed by atoms with van der Waals surface area (Å²) in [5.41, 5.74) is 8.35. The van der Waals surface area contributed by atoms with E-state index >= 15 is 0 Å². The van der Waals surface area contributed by atoms with E-state index in [4.69, 9.17) is 5.73 Å². The fourth-order valence-corrected chi connectivity index (χ4v) is 3.60. The van der Waals surface area contributed by atoms with E-state index in [1.54, 1.807) is 15.9 Å². The van der Waals surface area contributed by atoms with E-state index in [0.29, 0.717) is 30.6 Å². The predicted octanol–water partition coefficient (Wildman–Crippen LogP) is 2.53. The first-order valence-corrected chi connectivity index (χ1v) is 7.92. The molecule has 5 nitrogen and oxygen atoms in total. The lowest BCUT2D eigenvalue weighted by atomic mass is 9.94. The third-order valence-electron chi connectivity index (χ3n) is 4.57. The number of hydrogen-bond acceptors (Lipinski definition) is 3. The second-order valence-corrected chi connectivity index (χ2v) is 7.28. The number of hydrogen-bond donors (Lipinski definition) is 1. The smallest absolute Gasteiger partial charge is 0.257 e. The van der Waals surface area contributed by atoms with Crippen LogP contribution < -0.4 is 5.73 Å². The summed E-state index contributed by atoms with van der Waals surface area (Å²) in [6, 6.07) is 5.03. The third kappa shape index (κ3) is 2.40. The van der Waals surface area contributed by atoms with Gasteiger partial charge in [0.05, 0.1) is 5.56 Å². The molecule has 0 spiro atoms. The minimum atomic E-state index is -0.445. The van der Waals surface area contributed by atoms with Gasteiger partial charge >= 0.3 is 0 Å². The summed E-state index contributed by atoms with van der Waals surface area (Å²) in [5.74, 6) is -0.189. The molecule has 1 atom stereocenters. The maximum absolute atomic E-state index is 13.0. The van der Waals surface area contributed by atoms with Crippen molar-refractivity contribution in [2.45, 2.75) is 51.7 Å². The summed E-state index contributed by atoms with van der Waals surface area (Å²) >= 11 is 0. The maximum Gasteiger partial charge on any atom is 0.257 e. The number of piperidine rings is 1. The Morgan fingerprint density at radius 3 is 2.57 bits per heavy atom. The first-order valence-electron chi connectivity index (χ1n) is 7.92. The molecule has 1 aromatic carbocycles. The van der Waals surface area contributed by atoms with Crippen molar-refractivity contribution >= 4 is 17.5 Å². The molecule has 0 radical (unpaired) electrons. The van der Waals surface area contributed by atoms with Gasteiger partial charge in [0, 0.05) is 23.5 Å². The topological polar surface area (TPSA) is 66.6 Å². The van der Waals surface area contributed by atoms with Crippen LogP contribution in [0.5, 0.6) is 0 Å². The Hall–Kier alpha value is -2.30. The minimum Gasteiger partial charge on any atom is -0.398 e. The number of nitrogens with two attached hydrogens (primary N) is 1. The highest BCUT2D eigenvalue weighted by atomic mass is 16.2. The molecule has 0 bridgehead atoms. The highest BCUT2D eigenvalue weighted by molar-refractivity contribution is 6.05. The molecule has 1 aromatic rings. The molecule has 5 heteroatoms. The van der Waals surface area contributed by atoms with Gasteiger partial charge in [0.15, 0.2) is 0 Å². The predicted molar refractivity (Wildman–Crippen MR) is 89.5 cm³/mol. The standard InChI is InChI=1S/C18H23N3O2/c1-11-8-9-14(16(22)21(11)18(2,3)4)20-10-12-6-5-7-13(19)15(12)17(20)23/h5-7,14H,1,8-10,19H2,2-4H3. The number of amides is 2. The van der Waals surface area contributed by atoms with Crippen LogP contribution in [0.1, 0.15) is 49.5 Å². The van der Waals surface area contributed by atoms with Gasteiger partial charge in [0.2, 0.25) is 5.91 Å². The van der Waals surface area contributed by atoms with Crippen LogP contribution in [0.4, 0.5) is 5.69 Å². The Morgan fingerprint density at radius 2 is 1.96 bits per heavy atom. The van der Waals surface area contributed by atoms with Crippen LogP contribution in [0.15, 0.2) is 30.5 Å². The highest BCUT2D eigenvalue weighted by Gasteiger charge is 2.44. The molecule has 0 aliphatic carbocycles. The number of benzene rings is 1. The summed E-state index contributed by atoms with van der Waals surface area (Å²) in [5, 5.41) is 0. The van der Waals surface area contributed by atoms with E-state index in [-0.39, 0.29) is 17.4 Å². The molecule has 0 aromatic heterocycles. The van der Waals surface area contributed by atoms with Gasteiger partial charge < -0.3 is 15.5 Å². The SMILES string of the molecule is C=C1CCC(N2Cc3cccc(N)c3C2=O)C(=O)N1C(C)(C)C. The van der Waals surface area contributed by atoms with E-state index < -0.39 is 6.04 Å². The van der Waals surface area contributed by atoms with Crippen molar-refractivity contribution in [3.63, 3.8) is 0 Å². The van der Waals surface area contributed by atoms with Gasteiger partial charge in [-0.2, -0.15) is 0 Å². The van der Waals surface area contributed by atoms with Crippen LogP contribution in [0, 0.1) is 0 Å². The Bertz CT molecular complexity index is 703. The highest BCUT2D eigenvalue weighted by Crippen LogP contribution is 2.35. The number of anilines is 1. The van der Waals surface area contributed by atoms with E-state index in [9.17, 15) is 9.59 Å². The number of nitrogen functional groups attached to an aromatic ring is 1. The van der Waals surface area contributed by atoms with Crippen LogP contribution in [-0.2, 0) is 11.3 Å². The molecule has 3 rings (SSSR count). The Morgan fingerprint density at radius 1 is 1.26 bits per heavy atom. The number of allylic oxidation sites excluding steroid dienone is 1. The molecule has 2 amide bonds. The Balaban J connectivity index is 1.92. The van der Waals surface area contributed by atoms with Crippen molar-refractivity contribution in [1.29, 1.82) is 0 Å². The van der Waals surface area contributed by atoms with Gasteiger partial charge in [-0.25, -0.2) is 0 Å². The van der Waals surface area contributed by atoms with Crippen molar-refractivity contribution in [2.24, 2.45) is 0 Å². The van der Waals surface area contributed by atoms with Crippen molar-refractivity contribution in [3.05, 3.63) is 41.6 Å². The first kappa shape index (κ1) is 15.6. The fourth-order valence-electron chi connectivity index (χ4n) is 3.60. The summed E-state index contributed by atoms with van der Waals surface area (Å²) in [6.07, 6.45) is 1.33. The molecule has 122 valence electrons. The molecule has 0 saturated carbocycles. The lowest BCUT2D eigenvalue weighted by Gasteiger charge is -2.44. The lowest BCUT2D eigenvalue weighted by Crippen LogP contribution is -2.56. The summed E-state index contributed by atoms with van der Waals surface area (Å²) in [6.45, 7) is 10.4. The molecule has 2 heterocycles. The number of fused-ring (bicyclic) bond motifs is 1. The zero-order chi connectivity index (χ0) is 16.9. The fraction of sp³-hybridized carbons (Fsp3) is 0.444. The van der Waals surface area contributed by atoms with Crippen molar-refractivity contribution in [1.82, 2.24) is 9.80 Å². The largest absolute Gasteiger partial charge is 0.398 e. The van der Waals surface area contributed by atoms with Crippen LogP contribution in [0.3, 0.4) is 0 Å². The number of carbonyl (C=O) groups excluding carboxylic acids is 2. The number of carbonyl (C=O) groups is 2. The van der Waals surface area contributed by atoms with Gasteiger partial charge in [0.25, 0.3) is 5.91 Å². The average molecular weight is 313 g/mol. The summed E-state index contributed by atoms with van der Waals surface area (Å²) in [4.78, 5) is 29.1. The van der Waals surface area contributed by atoms with Gasteiger partial charge in [0.1, 0.15) is 6.04 Å². The first-order chi connectivity index (χ1) is 10.7. The number of nitrogens with zero attached hydrogens (tertiary/aromatic N) is 2. The van der Waals surface area contributed by atoms with Crippen LogP contribution in [0.25, 0.3) is 0 Å². The third-order valence-corrected chi connectivity index (χ3v) is 4.57. The second kappa shape index (κ2) is 5.11. The quantitative estimate of drug-likeness (QED) is 0.810. The van der Waals surface area contributed by atoms with E-state index in [2.05, 4.69) is 6.58 Å². The van der Waals surface area contributed by atoms with Crippen molar-refractivity contribution < 1.29 is 9.59 Å². The molecule has 23 heavy (non-hydrogen) atoms. The Labute approximate surface area is 136 Å². The molecular formula is C18H23N3O2. The van der Waals surface area contributed by atoms with Crippen molar-refractivity contribution in [2.75, 3.05) is 5.73 Å². The zero-order valence-corrected chi connectivity index (χ0v) is 13.9. The van der Waals surface area contributed by atoms with Crippen LogP contribution >= 0.6 is 0 Å². The lowest BCUT2D eigenvalue weighted by molar-refractivity contribution is -0.141. The molecular weight excluding hydrogens is 290 g/mol. The van der Waals surface area contributed by atoms with Gasteiger partial charge in [-0.05, 0) is 45.2 Å². The van der Waals surface area contributed by atoms with E-state index in [1.165, 1.54) is 0 Å². The monoisotopic (exact) mass is 313 g/mol.